The van der Waals surface area contributed by atoms with Crippen molar-refractivity contribution < 1.29 is 4.42 Å². The molecule has 0 radical (unpaired) electrons. The van der Waals surface area contributed by atoms with Gasteiger partial charge in [-0.05, 0) is 25.0 Å². The third-order valence-electron chi connectivity index (χ3n) is 2.89. The Bertz CT molecular complexity index is 280. The van der Waals surface area contributed by atoms with Crippen LogP contribution in [0.1, 0.15) is 74.6 Å². The van der Waals surface area contributed by atoms with Gasteiger partial charge in [-0.15, -0.1) is 23.2 Å². The van der Waals surface area contributed by atoms with Crippen LogP contribution in [0.5, 0.6) is 0 Å². The van der Waals surface area contributed by atoms with Gasteiger partial charge in [0.05, 0.1) is 10.8 Å². The van der Waals surface area contributed by atoms with E-state index in [1.54, 1.807) is 0 Å². The van der Waals surface area contributed by atoms with E-state index in [0.29, 0.717) is 0 Å². The first kappa shape index (κ1) is 14.9. The van der Waals surface area contributed by atoms with Gasteiger partial charge in [0.25, 0.3) is 0 Å². The number of halogens is 2. The Morgan fingerprint density at radius 2 is 1.35 bits per heavy atom. The Labute approximate surface area is 114 Å². The smallest absolute Gasteiger partial charge is 0.122 e. The van der Waals surface area contributed by atoms with Crippen LogP contribution in [-0.4, -0.2) is 0 Å². The minimum atomic E-state index is -0.0151. The summed E-state index contributed by atoms with van der Waals surface area (Å²) in [4.78, 5) is 0. The van der Waals surface area contributed by atoms with Crippen LogP contribution in [0, 0.1) is 0 Å². The Hall–Kier alpha value is -0.140. The molecule has 1 aromatic rings. The topological polar surface area (TPSA) is 13.1 Å². The second-order valence-corrected chi connectivity index (χ2v) is 5.51. The van der Waals surface area contributed by atoms with Crippen LogP contribution in [-0.2, 0) is 0 Å². The lowest BCUT2D eigenvalue weighted by molar-refractivity contribution is 0.439. The number of alkyl halides is 2. The average Bonchev–Trinajstić information content (AvgIpc) is 2.82. The van der Waals surface area contributed by atoms with E-state index >= 15 is 0 Å². The maximum absolute atomic E-state index is 6.27. The highest BCUT2D eigenvalue weighted by atomic mass is 35.5. The molecule has 2 atom stereocenters. The van der Waals surface area contributed by atoms with Gasteiger partial charge in [-0.3, -0.25) is 0 Å². The van der Waals surface area contributed by atoms with Crippen molar-refractivity contribution in [2.45, 2.75) is 63.1 Å². The summed E-state index contributed by atoms with van der Waals surface area (Å²) in [5, 5.41) is -0.0301. The molecule has 0 N–H and O–H groups in total. The maximum Gasteiger partial charge on any atom is 0.122 e. The highest BCUT2D eigenvalue weighted by molar-refractivity contribution is 6.21. The minimum Gasteiger partial charge on any atom is -0.463 e. The summed E-state index contributed by atoms with van der Waals surface area (Å²) in [5.41, 5.74) is 0. The molecule has 1 heterocycles. The van der Waals surface area contributed by atoms with Gasteiger partial charge in [-0.25, -0.2) is 0 Å². The fraction of sp³-hybridized carbons (Fsp3) is 0.714. The molecule has 0 saturated heterocycles. The number of rotatable bonds is 8. The summed E-state index contributed by atoms with van der Waals surface area (Å²) < 4.78 is 5.74. The largest absolute Gasteiger partial charge is 0.463 e. The van der Waals surface area contributed by atoms with E-state index in [-0.39, 0.29) is 10.8 Å². The molecule has 17 heavy (non-hydrogen) atoms. The third kappa shape index (κ3) is 4.93. The average molecular weight is 277 g/mol. The van der Waals surface area contributed by atoms with Gasteiger partial charge in [0.15, 0.2) is 0 Å². The number of furan rings is 1. The van der Waals surface area contributed by atoms with Crippen LogP contribution in [0.2, 0.25) is 0 Å². The number of hydrogen-bond acceptors (Lipinski definition) is 1. The van der Waals surface area contributed by atoms with Crippen LogP contribution in [0.3, 0.4) is 0 Å². The molecule has 3 heteroatoms. The van der Waals surface area contributed by atoms with E-state index < -0.39 is 0 Å². The van der Waals surface area contributed by atoms with Crippen molar-refractivity contribution in [1.82, 2.24) is 0 Å². The van der Waals surface area contributed by atoms with Crippen molar-refractivity contribution in [3.8, 4) is 0 Å². The first-order valence-corrected chi connectivity index (χ1v) is 7.44. The molecule has 0 amide bonds. The Kier molecular flexibility index (Phi) is 7.06. The zero-order valence-corrected chi connectivity index (χ0v) is 12.2. The van der Waals surface area contributed by atoms with Gasteiger partial charge >= 0.3 is 0 Å². The number of unbranched alkanes of at least 4 members (excludes halogenated alkanes) is 2. The molecule has 0 spiro atoms. The molecule has 0 aromatic carbocycles. The molecule has 0 aliphatic heterocycles. The van der Waals surface area contributed by atoms with Crippen LogP contribution >= 0.6 is 23.2 Å². The number of hydrogen-bond donors (Lipinski definition) is 0. The first-order chi connectivity index (χ1) is 8.19. The Balaban J connectivity index is 2.51. The molecule has 0 aliphatic rings. The van der Waals surface area contributed by atoms with Crippen molar-refractivity contribution in [1.29, 1.82) is 0 Å². The minimum absolute atomic E-state index is 0.0151. The molecule has 0 saturated carbocycles. The molecule has 1 nitrogen and oxygen atoms in total. The van der Waals surface area contributed by atoms with Crippen molar-refractivity contribution in [3.05, 3.63) is 23.7 Å². The predicted molar refractivity (Wildman–Crippen MR) is 74.9 cm³/mol. The van der Waals surface area contributed by atoms with E-state index in [0.717, 1.165) is 50.0 Å². The van der Waals surface area contributed by atoms with Crippen LogP contribution in [0.4, 0.5) is 0 Å². The van der Waals surface area contributed by atoms with E-state index in [2.05, 4.69) is 13.8 Å². The van der Waals surface area contributed by atoms with Crippen molar-refractivity contribution in [2.75, 3.05) is 0 Å². The fourth-order valence-electron chi connectivity index (χ4n) is 1.76. The van der Waals surface area contributed by atoms with Crippen LogP contribution in [0.25, 0.3) is 0 Å². The predicted octanol–water partition coefficient (Wildman–Crippen LogP) is 6.22. The highest BCUT2D eigenvalue weighted by Crippen LogP contribution is 2.33. The maximum atomic E-state index is 6.27. The lowest BCUT2D eigenvalue weighted by atomic mass is 10.1. The Morgan fingerprint density at radius 3 is 1.71 bits per heavy atom. The SMILES string of the molecule is CCCCC(Cl)c1ccc(C(Cl)CCCC)o1. The van der Waals surface area contributed by atoms with E-state index in [9.17, 15) is 0 Å². The summed E-state index contributed by atoms with van der Waals surface area (Å²) in [6.45, 7) is 4.33. The van der Waals surface area contributed by atoms with Crippen LogP contribution in [0.15, 0.2) is 16.5 Å². The van der Waals surface area contributed by atoms with Crippen molar-refractivity contribution in [3.63, 3.8) is 0 Å². The van der Waals surface area contributed by atoms with Crippen molar-refractivity contribution in [2.24, 2.45) is 0 Å². The highest BCUT2D eigenvalue weighted by Gasteiger charge is 2.16. The van der Waals surface area contributed by atoms with Crippen molar-refractivity contribution >= 4 is 23.2 Å². The summed E-state index contributed by atoms with van der Waals surface area (Å²) >= 11 is 12.5. The van der Waals surface area contributed by atoms with Gasteiger partial charge in [0.1, 0.15) is 11.5 Å². The molecule has 0 fully saturated rings. The molecule has 1 rings (SSSR count). The lowest BCUT2D eigenvalue weighted by Crippen LogP contribution is -1.89. The van der Waals surface area contributed by atoms with Gasteiger partial charge in [-0.1, -0.05) is 39.5 Å². The molecule has 0 bridgehead atoms. The molecule has 0 aliphatic carbocycles. The first-order valence-electron chi connectivity index (χ1n) is 6.56. The van der Waals surface area contributed by atoms with Crippen LogP contribution < -0.4 is 0 Å². The monoisotopic (exact) mass is 276 g/mol. The van der Waals surface area contributed by atoms with E-state index in [1.807, 2.05) is 12.1 Å². The summed E-state index contributed by atoms with van der Waals surface area (Å²) in [5.74, 6) is 1.72. The molecule has 98 valence electrons. The molecule has 1 aromatic heterocycles. The van der Waals surface area contributed by atoms with Gasteiger partial charge in [0, 0.05) is 0 Å². The summed E-state index contributed by atoms with van der Waals surface area (Å²) in [6, 6.07) is 3.92. The zero-order chi connectivity index (χ0) is 12.7. The summed E-state index contributed by atoms with van der Waals surface area (Å²) in [6.07, 6.45) is 6.51. The second kappa shape index (κ2) is 8.05. The van der Waals surface area contributed by atoms with Gasteiger partial charge < -0.3 is 4.42 Å². The third-order valence-corrected chi connectivity index (χ3v) is 3.75. The van der Waals surface area contributed by atoms with E-state index in [1.165, 1.54) is 0 Å². The van der Waals surface area contributed by atoms with Gasteiger partial charge in [0.2, 0.25) is 0 Å². The quantitative estimate of drug-likeness (QED) is 0.514. The normalized spacial score (nSPS) is 14.8. The lowest BCUT2D eigenvalue weighted by Gasteiger charge is -2.07. The fourth-order valence-corrected chi connectivity index (χ4v) is 2.30. The van der Waals surface area contributed by atoms with Gasteiger partial charge in [-0.2, -0.15) is 0 Å². The molecule has 2 unspecified atom stereocenters. The molecular formula is C14H22Cl2O. The van der Waals surface area contributed by atoms with E-state index in [4.69, 9.17) is 27.6 Å². The molecular weight excluding hydrogens is 255 g/mol. The zero-order valence-electron chi connectivity index (χ0n) is 10.7. The Morgan fingerprint density at radius 1 is 0.941 bits per heavy atom. The standard InChI is InChI=1S/C14H22Cl2O/c1-3-5-7-11(15)13-9-10-14(17-13)12(16)8-6-4-2/h9-12H,3-8H2,1-2H3. The second-order valence-electron chi connectivity index (χ2n) is 4.46. The summed E-state index contributed by atoms with van der Waals surface area (Å²) in [7, 11) is 0.